The molecule has 2 aliphatic rings. The Hall–Kier alpha value is -2.70. The summed E-state index contributed by atoms with van der Waals surface area (Å²) in [5.74, 6) is 1.86. The van der Waals surface area contributed by atoms with E-state index in [4.69, 9.17) is 4.52 Å². The lowest BCUT2D eigenvalue weighted by Crippen LogP contribution is -2.38. The lowest BCUT2D eigenvalue weighted by atomic mass is 9.99. The maximum atomic E-state index is 12.8. The Morgan fingerprint density at radius 3 is 2.62 bits per heavy atom. The molecule has 1 aromatic carbocycles. The standard InChI is InChI=1S/C22H28N4O3/c1-16-11-14-25(15-12-16)20(27)10-9-19-23-21(24-29-19)18-8-5-13-26(18)22(28)17-6-3-2-4-7-17/h2-4,6-7,16,18H,5,8-15H2,1H3. The predicted molar refractivity (Wildman–Crippen MR) is 107 cm³/mol. The van der Waals surface area contributed by atoms with Crippen LogP contribution in [0.25, 0.3) is 0 Å². The molecule has 2 aromatic rings. The number of rotatable bonds is 5. The molecule has 0 N–H and O–H groups in total. The Kier molecular flexibility index (Phi) is 5.92. The maximum absolute atomic E-state index is 12.8. The van der Waals surface area contributed by atoms with Crippen LogP contribution in [0.2, 0.25) is 0 Å². The first-order valence-corrected chi connectivity index (χ1v) is 10.6. The molecule has 2 aliphatic heterocycles. The first kappa shape index (κ1) is 19.6. The van der Waals surface area contributed by atoms with Crippen molar-refractivity contribution in [2.75, 3.05) is 19.6 Å². The van der Waals surface area contributed by atoms with Crippen molar-refractivity contribution in [3.05, 3.63) is 47.6 Å². The number of likely N-dealkylation sites (tertiary alicyclic amines) is 2. The second-order valence-corrected chi connectivity index (χ2v) is 8.13. The number of amides is 2. The van der Waals surface area contributed by atoms with Gasteiger partial charge in [0, 0.05) is 38.0 Å². The van der Waals surface area contributed by atoms with Gasteiger partial charge in [0.2, 0.25) is 11.8 Å². The van der Waals surface area contributed by atoms with Crippen LogP contribution in [0.5, 0.6) is 0 Å². The van der Waals surface area contributed by atoms with Crippen molar-refractivity contribution in [2.24, 2.45) is 5.92 Å². The number of piperidine rings is 1. The number of carbonyl (C=O) groups is 2. The monoisotopic (exact) mass is 396 g/mol. The number of hydrogen-bond donors (Lipinski definition) is 0. The molecule has 0 saturated carbocycles. The molecular weight excluding hydrogens is 368 g/mol. The Morgan fingerprint density at radius 2 is 1.86 bits per heavy atom. The molecule has 0 aliphatic carbocycles. The topological polar surface area (TPSA) is 79.5 Å². The van der Waals surface area contributed by atoms with Crippen molar-refractivity contribution in [3.8, 4) is 0 Å². The van der Waals surface area contributed by atoms with Gasteiger partial charge in [-0.2, -0.15) is 4.98 Å². The SMILES string of the molecule is CC1CCN(C(=O)CCc2nc(C3CCCN3C(=O)c3ccccc3)no2)CC1. The summed E-state index contributed by atoms with van der Waals surface area (Å²) in [6.45, 7) is 4.60. The predicted octanol–water partition coefficient (Wildman–Crippen LogP) is 3.24. The van der Waals surface area contributed by atoms with Crippen LogP contribution < -0.4 is 0 Å². The van der Waals surface area contributed by atoms with Crippen molar-refractivity contribution in [1.82, 2.24) is 19.9 Å². The lowest BCUT2D eigenvalue weighted by Gasteiger charge is -2.30. The Morgan fingerprint density at radius 1 is 1.10 bits per heavy atom. The highest BCUT2D eigenvalue weighted by molar-refractivity contribution is 5.94. The van der Waals surface area contributed by atoms with Crippen LogP contribution in [0.15, 0.2) is 34.9 Å². The normalized spacial score (nSPS) is 20.2. The summed E-state index contributed by atoms with van der Waals surface area (Å²) >= 11 is 0. The number of benzene rings is 1. The van der Waals surface area contributed by atoms with Crippen molar-refractivity contribution < 1.29 is 14.1 Å². The fourth-order valence-corrected chi connectivity index (χ4v) is 4.16. The van der Waals surface area contributed by atoms with E-state index >= 15 is 0 Å². The van der Waals surface area contributed by atoms with Crippen LogP contribution in [-0.2, 0) is 11.2 Å². The van der Waals surface area contributed by atoms with E-state index in [1.807, 2.05) is 40.1 Å². The molecule has 0 bridgehead atoms. The zero-order valence-electron chi connectivity index (χ0n) is 16.9. The van der Waals surface area contributed by atoms with E-state index in [1.165, 1.54) is 0 Å². The van der Waals surface area contributed by atoms with Gasteiger partial charge in [-0.15, -0.1) is 0 Å². The minimum absolute atomic E-state index is 0.00560. The summed E-state index contributed by atoms with van der Waals surface area (Å²) in [6, 6.07) is 9.11. The summed E-state index contributed by atoms with van der Waals surface area (Å²) in [7, 11) is 0. The molecule has 0 spiro atoms. The smallest absolute Gasteiger partial charge is 0.254 e. The number of carbonyl (C=O) groups excluding carboxylic acids is 2. The second kappa shape index (κ2) is 8.76. The van der Waals surface area contributed by atoms with Crippen LogP contribution in [0.1, 0.15) is 67.1 Å². The minimum atomic E-state index is -0.167. The van der Waals surface area contributed by atoms with Gasteiger partial charge in [-0.05, 0) is 43.7 Å². The second-order valence-electron chi connectivity index (χ2n) is 8.13. The molecule has 0 radical (unpaired) electrons. The Bertz CT molecular complexity index is 843. The van der Waals surface area contributed by atoms with Gasteiger partial charge >= 0.3 is 0 Å². The third-order valence-electron chi connectivity index (χ3n) is 6.01. The summed E-state index contributed by atoms with van der Waals surface area (Å²) in [5.41, 5.74) is 0.671. The fraction of sp³-hybridized carbons (Fsp3) is 0.545. The van der Waals surface area contributed by atoms with E-state index in [0.29, 0.717) is 42.6 Å². The first-order valence-electron chi connectivity index (χ1n) is 10.6. The van der Waals surface area contributed by atoms with Gasteiger partial charge < -0.3 is 14.3 Å². The van der Waals surface area contributed by atoms with Crippen molar-refractivity contribution in [2.45, 2.75) is 51.5 Å². The molecule has 1 unspecified atom stereocenters. The minimum Gasteiger partial charge on any atom is -0.343 e. The van der Waals surface area contributed by atoms with E-state index in [2.05, 4.69) is 17.1 Å². The Balaban J connectivity index is 1.35. The van der Waals surface area contributed by atoms with E-state index in [9.17, 15) is 9.59 Å². The van der Waals surface area contributed by atoms with Gasteiger partial charge in [0.25, 0.3) is 5.91 Å². The molecule has 2 saturated heterocycles. The molecule has 4 rings (SSSR count). The lowest BCUT2D eigenvalue weighted by molar-refractivity contribution is -0.132. The number of hydrogen-bond acceptors (Lipinski definition) is 5. The van der Waals surface area contributed by atoms with Gasteiger partial charge in [0.15, 0.2) is 5.82 Å². The Labute approximate surface area is 171 Å². The van der Waals surface area contributed by atoms with Crippen LogP contribution in [-0.4, -0.2) is 51.4 Å². The highest BCUT2D eigenvalue weighted by Crippen LogP contribution is 2.31. The average molecular weight is 396 g/mol. The van der Waals surface area contributed by atoms with Crippen molar-refractivity contribution >= 4 is 11.8 Å². The highest BCUT2D eigenvalue weighted by atomic mass is 16.5. The zero-order valence-corrected chi connectivity index (χ0v) is 16.9. The quantitative estimate of drug-likeness (QED) is 0.775. The molecule has 154 valence electrons. The van der Waals surface area contributed by atoms with Crippen molar-refractivity contribution in [1.29, 1.82) is 0 Å². The largest absolute Gasteiger partial charge is 0.343 e. The van der Waals surface area contributed by atoms with E-state index in [-0.39, 0.29) is 17.9 Å². The first-order chi connectivity index (χ1) is 14.1. The van der Waals surface area contributed by atoms with Gasteiger partial charge in [0.1, 0.15) is 0 Å². The third kappa shape index (κ3) is 4.49. The zero-order chi connectivity index (χ0) is 20.2. The highest BCUT2D eigenvalue weighted by Gasteiger charge is 2.34. The summed E-state index contributed by atoms with van der Waals surface area (Å²) in [4.78, 5) is 33.5. The molecule has 2 amide bonds. The number of aryl methyl sites for hydroxylation is 1. The van der Waals surface area contributed by atoms with Gasteiger partial charge in [-0.3, -0.25) is 9.59 Å². The number of nitrogens with zero attached hydrogens (tertiary/aromatic N) is 4. The molecular formula is C22H28N4O3. The molecule has 7 nitrogen and oxygen atoms in total. The van der Waals surface area contributed by atoms with E-state index in [1.54, 1.807) is 0 Å². The summed E-state index contributed by atoms with van der Waals surface area (Å²) < 4.78 is 5.40. The maximum Gasteiger partial charge on any atom is 0.254 e. The van der Waals surface area contributed by atoms with Crippen molar-refractivity contribution in [3.63, 3.8) is 0 Å². The molecule has 7 heteroatoms. The summed E-state index contributed by atoms with van der Waals surface area (Å²) in [6.07, 6.45) is 4.71. The molecule has 3 heterocycles. The average Bonchev–Trinajstić information content (AvgIpc) is 3.42. The van der Waals surface area contributed by atoms with Crippen LogP contribution in [0.4, 0.5) is 0 Å². The number of aromatic nitrogens is 2. The van der Waals surface area contributed by atoms with Gasteiger partial charge in [0.05, 0.1) is 6.04 Å². The van der Waals surface area contributed by atoms with Crippen LogP contribution in [0, 0.1) is 5.92 Å². The molecule has 29 heavy (non-hydrogen) atoms. The van der Waals surface area contributed by atoms with E-state index < -0.39 is 0 Å². The fourth-order valence-electron chi connectivity index (χ4n) is 4.16. The molecule has 2 fully saturated rings. The molecule has 1 atom stereocenters. The van der Waals surface area contributed by atoms with Gasteiger partial charge in [-0.1, -0.05) is 30.3 Å². The van der Waals surface area contributed by atoms with Crippen LogP contribution in [0.3, 0.4) is 0 Å². The summed E-state index contributed by atoms with van der Waals surface area (Å²) in [5, 5.41) is 4.12. The van der Waals surface area contributed by atoms with Gasteiger partial charge in [-0.25, -0.2) is 0 Å². The third-order valence-corrected chi connectivity index (χ3v) is 6.01. The van der Waals surface area contributed by atoms with Crippen LogP contribution >= 0.6 is 0 Å². The molecule has 1 aromatic heterocycles. The van der Waals surface area contributed by atoms with E-state index in [0.717, 1.165) is 38.8 Å².